The molecule has 0 fully saturated rings. The van der Waals surface area contributed by atoms with E-state index >= 15 is 0 Å². The number of aromatic hydroxyl groups is 1. The van der Waals surface area contributed by atoms with Gasteiger partial charge in [-0.25, -0.2) is 9.97 Å². The number of nitriles is 1. The highest BCUT2D eigenvalue weighted by Crippen LogP contribution is 2.40. The molecule has 10 nitrogen and oxygen atoms in total. The first-order chi connectivity index (χ1) is 19.8. The van der Waals surface area contributed by atoms with E-state index in [1.807, 2.05) is 41.3 Å². The highest BCUT2D eigenvalue weighted by Gasteiger charge is 2.35. The van der Waals surface area contributed by atoms with Crippen molar-refractivity contribution in [3.63, 3.8) is 0 Å². The number of para-hydroxylation sites is 2. The molecule has 1 amide bonds. The van der Waals surface area contributed by atoms with Crippen molar-refractivity contribution < 1.29 is 14.3 Å². The largest absolute Gasteiger partial charge is 0.501 e. The number of hydrogen-bond acceptors (Lipinski definition) is 8. The van der Waals surface area contributed by atoms with Gasteiger partial charge in [0.05, 0.1) is 17.7 Å². The molecule has 1 N–H and O–H groups in total. The number of fused-ring (bicyclic) bond motifs is 2. The molecule has 0 radical (unpaired) electrons. The zero-order valence-electron chi connectivity index (χ0n) is 22.7. The number of aromatic nitrogens is 3. The maximum absolute atomic E-state index is 13.3. The molecular weight excluding hydrogens is 520 g/mol. The van der Waals surface area contributed by atoms with Crippen LogP contribution in [0.1, 0.15) is 38.7 Å². The van der Waals surface area contributed by atoms with Crippen molar-refractivity contribution in [2.24, 2.45) is 7.05 Å². The average Bonchev–Trinajstić information content (AvgIpc) is 3.43. The van der Waals surface area contributed by atoms with E-state index in [2.05, 4.69) is 11.1 Å². The van der Waals surface area contributed by atoms with Crippen molar-refractivity contribution in [2.75, 3.05) is 25.5 Å². The van der Waals surface area contributed by atoms with Gasteiger partial charge in [0.25, 0.3) is 17.4 Å². The summed E-state index contributed by atoms with van der Waals surface area (Å²) in [6.45, 7) is 0.455. The van der Waals surface area contributed by atoms with Crippen LogP contribution in [0.3, 0.4) is 0 Å². The Labute approximate surface area is 235 Å². The molecule has 0 saturated carbocycles. The lowest BCUT2D eigenvalue weighted by molar-refractivity contribution is 0.0827. The Bertz CT molecular complexity index is 1900. The maximum atomic E-state index is 13.3. The van der Waals surface area contributed by atoms with E-state index in [4.69, 9.17) is 9.40 Å². The molecule has 0 unspecified atom stereocenters. The number of rotatable bonds is 4. The van der Waals surface area contributed by atoms with E-state index in [-0.39, 0.29) is 23.4 Å². The third-order valence-corrected chi connectivity index (χ3v) is 7.40. The molecule has 1 aliphatic heterocycles. The van der Waals surface area contributed by atoms with Gasteiger partial charge in [-0.15, -0.1) is 0 Å². The van der Waals surface area contributed by atoms with Crippen LogP contribution >= 0.6 is 0 Å². The summed E-state index contributed by atoms with van der Waals surface area (Å²) in [6, 6.07) is 21.7. The SMILES string of the molecule is CN(C)C(=O)c1ccc2c(c1)[C@@H](c1ccccc1C#N)N(c1nc(-c3nc4ccccc4o3)c(O)c(=O)n1C)CC2. The Morgan fingerprint density at radius 2 is 1.83 bits per heavy atom. The fourth-order valence-corrected chi connectivity index (χ4v) is 5.35. The lowest BCUT2D eigenvalue weighted by Gasteiger charge is -2.39. The molecule has 2 aromatic heterocycles. The first-order valence-electron chi connectivity index (χ1n) is 13.0. The summed E-state index contributed by atoms with van der Waals surface area (Å²) in [5.74, 6) is -0.440. The number of nitrogens with zero attached hydrogens (tertiary/aromatic N) is 6. The topological polar surface area (TPSA) is 128 Å². The summed E-state index contributed by atoms with van der Waals surface area (Å²) < 4.78 is 7.14. The van der Waals surface area contributed by atoms with Crippen molar-refractivity contribution >= 4 is 23.0 Å². The van der Waals surface area contributed by atoms with Crippen molar-refractivity contribution in [1.82, 2.24) is 19.4 Å². The number of oxazole rings is 1. The molecule has 3 heterocycles. The minimum absolute atomic E-state index is 0.0212. The van der Waals surface area contributed by atoms with Crippen LogP contribution in [0.5, 0.6) is 5.75 Å². The molecule has 0 spiro atoms. The predicted molar refractivity (Wildman–Crippen MR) is 153 cm³/mol. The maximum Gasteiger partial charge on any atom is 0.297 e. The fraction of sp³-hybridized carbons (Fsp3) is 0.194. The second kappa shape index (κ2) is 9.95. The normalized spacial score (nSPS) is 14.5. The van der Waals surface area contributed by atoms with Gasteiger partial charge in [-0.05, 0) is 53.4 Å². The van der Waals surface area contributed by atoms with E-state index in [0.29, 0.717) is 40.8 Å². The lowest BCUT2D eigenvalue weighted by atomic mass is 9.85. The minimum Gasteiger partial charge on any atom is -0.501 e. The molecule has 0 saturated heterocycles. The molecule has 1 aliphatic rings. The minimum atomic E-state index is -0.665. The van der Waals surface area contributed by atoms with E-state index in [1.54, 1.807) is 44.4 Å². The summed E-state index contributed by atoms with van der Waals surface area (Å²) in [4.78, 5) is 38.9. The number of amides is 1. The van der Waals surface area contributed by atoms with Crippen molar-refractivity contribution in [1.29, 1.82) is 5.26 Å². The first-order valence-corrected chi connectivity index (χ1v) is 13.0. The van der Waals surface area contributed by atoms with Crippen LogP contribution in [0, 0.1) is 11.3 Å². The molecule has 1 atom stereocenters. The standard InChI is InChI=1S/C31H26N6O4/c1-35(2)29(39)19-13-12-18-14-15-37(26(22(18)16-19)21-9-5-4-8-20(21)17-32)31-34-25(27(38)30(40)36(31)3)28-33-23-10-6-7-11-24(23)41-28/h4-13,16,26,38H,14-15H2,1-3H3/t26-/m1/s1. The van der Waals surface area contributed by atoms with E-state index in [9.17, 15) is 20.0 Å². The molecule has 3 aromatic carbocycles. The molecule has 5 aromatic rings. The van der Waals surface area contributed by atoms with Gasteiger partial charge in [-0.3, -0.25) is 14.2 Å². The number of hydrogen-bond donors (Lipinski definition) is 1. The molecule has 0 aliphatic carbocycles. The number of benzene rings is 3. The second-order valence-electron chi connectivity index (χ2n) is 10.1. The quantitative estimate of drug-likeness (QED) is 0.358. The van der Waals surface area contributed by atoms with Crippen LogP contribution in [-0.4, -0.2) is 51.1 Å². The Kier molecular flexibility index (Phi) is 6.27. The van der Waals surface area contributed by atoms with Gasteiger partial charge in [0.15, 0.2) is 11.3 Å². The summed E-state index contributed by atoms with van der Waals surface area (Å²) in [6.07, 6.45) is 0.603. The van der Waals surface area contributed by atoms with Crippen LogP contribution in [-0.2, 0) is 13.5 Å². The Balaban J connectivity index is 1.58. The van der Waals surface area contributed by atoms with E-state index in [1.165, 1.54) is 16.5 Å². The third kappa shape index (κ3) is 4.28. The van der Waals surface area contributed by atoms with Gasteiger partial charge in [-0.2, -0.15) is 5.26 Å². The van der Waals surface area contributed by atoms with Gasteiger partial charge in [-0.1, -0.05) is 36.4 Å². The second-order valence-corrected chi connectivity index (χ2v) is 10.1. The highest BCUT2D eigenvalue weighted by molar-refractivity contribution is 5.94. The van der Waals surface area contributed by atoms with Crippen LogP contribution in [0.15, 0.2) is 75.9 Å². The van der Waals surface area contributed by atoms with Gasteiger partial charge in [0.1, 0.15) is 5.52 Å². The predicted octanol–water partition coefficient (Wildman–Crippen LogP) is 4.02. The van der Waals surface area contributed by atoms with E-state index in [0.717, 1.165) is 11.1 Å². The van der Waals surface area contributed by atoms with Crippen molar-refractivity contribution in [3.05, 3.63) is 105 Å². The first kappa shape index (κ1) is 25.8. The summed E-state index contributed by atoms with van der Waals surface area (Å²) in [7, 11) is 4.93. The molecule has 10 heteroatoms. The molecule has 0 bridgehead atoms. The van der Waals surface area contributed by atoms with Crippen LogP contribution < -0.4 is 10.5 Å². The molecule has 41 heavy (non-hydrogen) atoms. The third-order valence-electron chi connectivity index (χ3n) is 7.40. The Hall–Kier alpha value is -5.43. The van der Waals surface area contributed by atoms with Crippen LogP contribution in [0.2, 0.25) is 0 Å². The summed E-state index contributed by atoms with van der Waals surface area (Å²) in [5, 5.41) is 20.9. The van der Waals surface area contributed by atoms with Gasteiger partial charge < -0.3 is 19.3 Å². The summed E-state index contributed by atoms with van der Waals surface area (Å²) in [5.41, 5.74) is 3.85. The van der Waals surface area contributed by atoms with Crippen LogP contribution in [0.25, 0.3) is 22.7 Å². The number of carbonyl (C=O) groups is 1. The zero-order valence-corrected chi connectivity index (χ0v) is 22.7. The monoisotopic (exact) mass is 546 g/mol. The van der Waals surface area contributed by atoms with Gasteiger partial charge >= 0.3 is 0 Å². The fourth-order valence-electron chi connectivity index (χ4n) is 5.35. The van der Waals surface area contributed by atoms with E-state index < -0.39 is 17.4 Å². The average molecular weight is 547 g/mol. The van der Waals surface area contributed by atoms with Crippen molar-refractivity contribution in [2.45, 2.75) is 12.5 Å². The number of carbonyl (C=O) groups excluding carboxylic acids is 1. The smallest absolute Gasteiger partial charge is 0.297 e. The zero-order chi connectivity index (χ0) is 28.8. The van der Waals surface area contributed by atoms with Gasteiger partial charge in [0.2, 0.25) is 11.7 Å². The lowest BCUT2D eigenvalue weighted by Crippen LogP contribution is -2.40. The molecule has 204 valence electrons. The Morgan fingerprint density at radius 1 is 1.07 bits per heavy atom. The highest BCUT2D eigenvalue weighted by atomic mass is 16.4. The molecule has 6 rings (SSSR count). The Morgan fingerprint density at radius 3 is 2.59 bits per heavy atom. The summed E-state index contributed by atoms with van der Waals surface area (Å²) >= 11 is 0. The molecular formula is C31H26N6O4. The van der Waals surface area contributed by atoms with Crippen molar-refractivity contribution in [3.8, 4) is 23.4 Å². The van der Waals surface area contributed by atoms with Crippen LogP contribution in [0.4, 0.5) is 5.95 Å². The number of anilines is 1. The van der Waals surface area contributed by atoms with Gasteiger partial charge in [0, 0.05) is 33.3 Å².